The Morgan fingerprint density at radius 3 is 2.60 bits per heavy atom. The Labute approximate surface area is 115 Å². The highest BCUT2D eigenvalue weighted by atomic mass is 32.2. The average molecular weight is 296 g/mol. The maximum Gasteiger partial charge on any atom is 0.335 e. The Bertz CT molecular complexity index is 764. The fraction of sp³-hybridized carbons (Fsp3) is 0.250. The number of hydrogen-bond acceptors (Lipinski definition) is 6. The first kappa shape index (κ1) is 14.2. The first-order valence-electron chi connectivity index (χ1n) is 5.66. The normalized spacial score (nSPS) is 11.5. The van der Waals surface area contributed by atoms with Crippen molar-refractivity contribution in [2.75, 3.05) is 0 Å². The summed E-state index contributed by atoms with van der Waals surface area (Å²) < 4.78 is 29.3. The smallest absolute Gasteiger partial charge is 0.335 e. The van der Waals surface area contributed by atoms with Crippen molar-refractivity contribution < 1.29 is 22.8 Å². The predicted octanol–water partition coefficient (Wildman–Crippen LogP) is 1.36. The number of carboxylic acid groups (broad SMARTS) is 1. The molecule has 106 valence electrons. The summed E-state index contributed by atoms with van der Waals surface area (Å²) in [6, 6.07) is 4.12. The van der Waals surface area contributed by atoms with Gasteiger partial charge in [-0.3, -0.25) is 0 Å². The monoisotopic (exact) mass is 296 g/mol. The molecule has 1 heterocycles. The molecule has 0 bridgehead atoms. The van der Waals surface area contributed by atoms with Gasteiger partial charge in [0.15, 0.2) is 15.7 Å². The van der Waals surface area contributed by atoms with Crippen LogP contribution in [0.25, 0.3) is 0 Å². The van der Waals surface area contributed by atoms with Gasteiger partial charge in [-0.2, -0.15) is 4.98 Å². The molecule has 1 aromatic heterocycles. The summed E-state index contributed by atoms with van der Waals surface area (Å²) in [5, 5.41) is 12.5. The van der Waals surface area contributed by atoms with Crippen LogP contribution in [0.2, 0.25) is 0 Å². The summed E-state index contributed by atoms with van der Waals surface area (Å²) in [5.41, 5.74) is 0.149. The number of aromatic nitrogens is 2. The van der Waals surface area contributed by atoms with Crippen molar-refractivity contribution in [1.29, 1.82) is 0 Å². The fourth-order valence-corrected chi connectivity index (χ4v) is 3.31. The van der Waals surface area contributed by atoms with Gasteiger partial charge in [0, 0.05) is 6.92 Å². The van der Waals surface area contributed by atoms with E-state index in [0.29, 0.717) is 0 Å². The van der Waals surface area contributed by atoms with Crippen LogP contribution in [0.1, 0.15) is 27.6 Å². The lowest BCUT2D eigenvalue weighted by molar-refractivity contribution is 0.0696. The van der Waals surface area contributed by atoms with E-state index in [1.54, 1.807) is 6.92 Å². The highest BCUT2D eigenvalue weighted by Crippen LogP contribution is 2.22. The summed E-state index contributed by atoms with van der Waals surface area (Å²) >= 11 is 0. The number of aromatic carboxylic acids is 1. The van der Waals surface area contributed by atoms with Crippen LogP contribution in [0.15, 0.2) is 27.6 Å². The number of carboxylic acids is 1. The van der Waals surface area contributed by atoms with Crippen LogP contribution in [0, 0.1) is 13.8 Å². The number of carbonyl (C=O) groups is 1. The van der Waals surface area contributed by atoms with E-state index in [0.717, 1.165) is 0 Å². The summed E-state index contributed by atoms with van der Waals surface area (Å²) in [6.45, 7) is 3.01. The highest BCUT2D eigenvalue weighted by molar-refractivity contribution is 7.90. The van der Waals surface area contributed by atoms with Crippen molar-refractivity contribution in [3.05, 3.63) is 41.0 Å². The van der Waals surface area contributed by atoms with Gasteiger partial charge < -0.3 is 9.63 Å². The predicted molar refractivity (Wildman–Crippen MR) is 68.1 cm³/mol. The number of nitrogens with zero attached hydrogens (tertiary/aromatic N) is 2. The van der Waals surface area contributed by atoms with Crippen LogP contribution >= 0.6 is 0 Å². The van der Waals surface area contributed by atoms with Gasteiger partial charge in [-0.05, 0) is 24.6 Å². The molecule has 0 unspecified atom stereocenters. The molecule has 2 aromatic rings. The molecule has 7 nitrogen and oxygen atoms in total. The largest absolute Gasteiger partial charge is 0.478 e. The van der Waals surface area contributed by atoms with Crippen molar-refractivity contribution in [2.45, 2.75) is 24.5 Å². The molecule has 1 N–H and O–H groups in total. The molecule has 2 rings (SSSR count). The van der Waals surface area contributed by atoms with E-state index in [2.05, 4.69) is 10.1 Å². The molecule has 0 atom stereocenters. The summed E-state index contributed by atoms with van der Waals surface area (Å²) in [6.07, 6.45) is 0. The van der Waals surface area contributed by atoms with Gasteiger partial charge in [0.2, 0.25) is 5.89 Å². The first-order valence-corrected chi connectivity index (χ1v) is 7.31. The van der Waals surface area contributed by atoms with Crippen LogP contribution in [-0.4, -0.2) is 29.6 Å². The second-order valence-electron chi connectivity index (χ2n) is 4.22. The quantitative estimate of drug-likeness (QED) is 0.906. The molecule has 0 aliphatic carbocycles. The molecular weight excluding hydrogens is 284 g/mol. The Kier molecular flexibility index (Phi) is 3.58. The maximum absolute atomic E-state index is 12.3. The van der Waals surface area contributed by atoms with Crippen LogP contribution in [0.3, 0.4) is 0 Å². The summed E-state index contributed by atoms with van der Waals surface area (Å²) in [7, 11) is -3.74. The van der Waals surface area contributed by atoms with Crippen LogP contribution in [-0.2, 0) is 15.6 Å². The molecule has 0 saturated carbocycles. The number of benzene rings is 1. The van der Waals surface area contributed by atoms with Gasteiger partial charge in [-0.15, -0.1) is 0 Å². The first-order chi connectivity index (χ1) is 9.31. The molecule has 0 fully saturated rings. The second-order valence-corrected chi connectivity index (χ2v) is 6.18. The van der Waals surface area contributed by atoms with E-state index >= 15 is 0 Å². The molecular formula is C12H12N2O5S. The van der Waals surface area contributed by atoms with Crippen molar-refractivity contribution in [1.82, 2.24) is 10.1 Å². The van der Waals surface area contributed by atoms with Crippen molar-refractivity contribution >= 4 is 15.8 Å². The van der Waals surface area contributed by atoms with Gasteiger partial charge in [0.05, 0.1) is 10.5 Å². The Morgan fingerprint density at radius 2 is 2.05 bits per heavy atom. The number of sulfone groups is 1. The Morgan fingerprint density at radius 1 is 1.35 bits per heavy atom. The zero-order valence-electron chi connectivity index (χ0n) is 10.8. The Balaban J connectivity index is 2.44. The van der Waals surface area contributed by atoms with Crippen molar-refractivity contribution in [3.63, 3.8) is 0 Å². The van der Waals surface area contributed by atoms with Gasteiger partial charge in [-0.25, -0.2) is 13.2 Å². The van der Waals surface area contributed by atoms with E-state index < -0.39 is 21.6 Å². The zero-order chi connectivity index (χ0) is 14.9. The zero-order valence-corrected chi connectivity index (χ0v) is 11.6. The third kappa shape index (κ3) is 2.69. The molecule has 0 aliphatic heterocycles. The van der Waals surface area contributed by atoms with E-state index in [9.17, 15) is 13.2 Å². The molecule has 1 aromatic carbocycles. The SMILES string of the molecule is Cc1nc(CS(=O)(=O)c2cccc(C(=O)O)c2C)no1. The van der Waals surface area contributed by atoms with Crippen LogP contribution in [0.5, 0.6) is 0 Å². The fourth-order valence-electron chi connectivity index (χ4n) is 1.83. The summed E-state index contributed by atoms with van der Waals surface area (Å²) in [4.78, 5) is 14.8. The molecule has 0 radical (unpaired) electrons. The van der Waals surface area contributed by atoms with E-state index in [1.165, 1.54) is 25.1 Å². The lowest BCUT2D eigenvalue weighted by Gasteiger charge is -2.08. The lowest BCUT2D eigenvalue weighted by atomic mass is 10.1. The minimum absolute atomic E-state index is 0.0418. The number of aryl methyl sites for hydroxylation is 1. The van der Waals surface area contributed by atoms with Crippen LogP contribution < -0.4 is 0 Å². The minimum Gasteiger partial charge on any atom is -0.478 e. The van der Waals surface area contributed by atoms with Gasteiger partial charge in [0.1, 0.15) is 5.75 Å². The highest BCUT2D eigenvalue weighted by Gasteiger charge is 2.23. The third-order valence-corrected chi connectivity index (χ3v) is 4.49. The van der Waals surface area contributed by atoms with Gasteiger partial charge in [0.25, 0.3) is 0 Å². The molecule has 0 aliphatic rings. The second kappa shape index (κ2) is 5.04. The van der Waals surface area contributed by atoms with E-state index in [1.807, 2.05) is 0 Å². The average Bonchev–Trinajstić information content (AvgIpc) is 2.73. The number of rotatable bonds is 4. The lowest BCUT2D eigenvalue weighted by Crippen LogP contribution is -2.11. The van der Waals surface area contributed by atoms with Crippen molar-refractivity contribution in [3.8, 4) is 0 Å². The van der Waals surface area contributed by atoms with Crippen LogP contribution in [0.4, 0.5) is 0 Å². The minimum atomic E-state index is -3.74. The molecule has 20 heavy (non-hydrogen) atoms. The molecule has 0 saturated heterocycles. The third-order valence-electron chi connectivity index (χ3n) is 2.74. The number of hydrogen-bond donors (Lipinski definition) is 1. The maximum atomic E-state index is 12.3. The molecule has 0 spiro atoms. The molecule has 0 amide bonds. The molecule has 8 heteroatoms. The van der Waals surface area contributed by atoms with Gasteiger partial charge >= 0.3 is 5.97 Å². The van der Waals surface area contributed by atoms with E-state index in [4.69, 9.17) is 9.63 Å². The standard InChI is InChI=1S/C12H12N2O5S/c1-7-9(12(15)16)4-3-5-10(7)20(17,18)6-11-13-8(2)19-14-11/h3-5H,6H2,1-2H3,(H,15,16). The van der Waals surface area contributed by atoms with E-state index in [-0.39, 0.29) is 27.7 Å². The Hall–Kier alpha value is -2.22. The summed E-state index contributed by atoms with van der Waals surface area (Å²) in [5.74, 6) is -1.29. The topological polar surface area (TPSA) is 110 Å². The van der Waals surface area contributed by atoms with Gasteiger partial charge in [-0.1, -0.05) is 11.2 Å². The van der Waals surface area contributed by atoms with Crippen molar-refractivity contribution in [2.24, 2.45) is 0 Å².